The molecule has 0 aromatic heterocycles. The molecule has 0 spiro atoms. The lowest BCUT2D eigenvalue weighted by molar-refractivity contribution is -0.0714. The molecule has 0 fully saturated rings. The molecule has 1 rings (SSSR count). The van der Waals surface area contributed by atoms with Crippen LogP contribution < -0.4 is 0 Å². The lowest BCUT2D eigenvalue weighted by atomic mass is 10.0. The molecule has 0 atom stereocenters. The minimum atomic E-state index is -0.288. The summed E-state index contributed by atoms with van der Waals surface area (Å²) in [7, 11) is 3.39. The van der Waals surface area contributed by atoms with Crippen molar-refractivity contribution in [3.8, 4) is 0 Å². The van der Waals surface area contributed by atoms with Crippen LogP contribution in [0.2, 0.25) is 0 Å². The Morgan fingerprint density at radius 1 is 1.33 bits per heavy atom. The van der Waals surface area contributed by atoms with E-state index in [0.717, 1.165) is 18.4 Å². The third-order valence-electron chi connectivity index (χ3n) is 2.02. The summed E-state index contributed by atoms with van der Waals surface area (Å²) in [5.74, 6) is -0.288. The minimum Gasteiger partial charge on any atom is -0.364 e. The molecule has 1 aromatic rings. The molecule has 0 amide bonds. The average Bonchev–Trinajstić information content (AvgIpc) is 2.18. The van der Waals surface area contributed by atoms with Crippen molar-refractivity contribution in [3.63, 3.8) is 0 Å². The predicted octanol–water partition coefficient (Wildman–Crippen LogP) is 2.27. The number of hydrogen-bond donors (Lipinski definition) is 0. The summed E-state index contributed by atoms with van der Waals surface area (Å²) in [6.45, 7) is 2.09. The molecule has 3 heteroatoms. The fourth-order valence-corrected chi connectivity index (χ4v) is 1.42. The highest BCUT2D eigenvalue weighted by Gasteiger charge is 2.12. The molecule has 0 aliphatic rings. The van der Waals surface area contributed by atoms with E-state index >= 15 is 0 Å². The third kappa shape index (κ3) is 3.36. The number of carbonyl (C=O) groups is 1. The Kier molecular flexibility index (Phi) is 4.31. The molecule has 3 nitrogen and oxygen atoms in total. The zero-order chi connectivity index (χ0) is 11.3. The summed E-state index contributed by atoms with van der Waals surface area (Å²) in [5, 5.41) is 1.41. The molecular weight excluding hydrogens is 190 g/mol. The van der Waals surface area contributed by atoms with Crippen LogP contribution in [0.5, 0.6) is 0 Å². The highest BCUT2D eigenvalue weighted by molar-refractivity contribution is 5.90. The van der Waals surface area contributed by atoms with Gasteiger partial charge in [0.25, 0.3) is 0 Å². The van der Waals surface area contributed by atoms with Gasteiger partial charge in [0.1, 0.15) is 0 Å². The summed E-state index contributed by atoms with van der Waals surface area (Å²) in [6, 6.07) is 7.56. The van der Waals surface area contributed by atoms with E-state index in [1.165, 1.54) is 5.06 Å². The molecule has 1 aromatic carbocycles. The van der Waals surface area contributed by atoms with E-state index in [-0.39, 0.29) is 5.97 Å². The van der Waals surface area contributed by atoms with Crippen molar-refractivity contribution in [1.29, 1.82) is 0 Å². The van der Waals surface area contributed by atoms with Crippen molar-refractivity contribution < 1.29 is 9.63 Å². The lowest BCUT2D eigenvalue weighted by Gasteiger charge is -2.12. The van der Waals surface area contributed by atoms with Gasteiger partial charge in [-0.3, -0.25) is 0 Å². The maximum Gasteiger partial charge on any atom is 0.357 e. The van der Waals surface area contributed by atoms with Crippen molar-refractivity contribution in [3.05, 3.63) is 35.4 Å². The zero-order valence-electron chi connectivity index (χ0n) is 9.49. The first-order chi connectivity index (χ1) is 7.15. The Labute approximate surface area is 90.6 Å². The zero-order valence-corrected chi connectivity index (χ0v) is 9.49. The number of benzene rings is 1. The second-order valence-corrected chi connectivity index (χ2v) is 3.60. The van der Waals surface area contributed by atoms with Gasteiger partial charge in [-0.2, -0.15) is 0 Å². The fraction of sp³-hybridized carbons (Fsp3) is 0.417. The number of aryl methyl sites for hydroxylation is 1. The van der Waals surface area contributed by atoms with Gasteiger partial charge in [0, 0.05) is 14.1 Å². The largest absolute Gasteiger partial charge is 0.364 e. The van der Waals surface area contributed by atoms with Gasteiger partial charge < -0.3 is 4.84 Å². The van der Waals surface area contributed by atoms with Crippen molar-refractivity contribution in [1.82, 2.24) is 5.06 Å². The van der Waals surface area contributed by atoms with Crippen LogP contribution in [0, 0.1) is 0 Å². The first kappa shape index (κ1) is 11.7. The van der Waals surface area contributed by atoms with Gasteiger partial charge >= 0.3 is 5.97 Å². The normalized spacial score (nSPS) is 10.4. The number of hydroxylamine groups is 2. The van der Waals surface area contributed by atoms with Crippen LogP contribution in [0.1, 0.15) is 29.3 Å². The lowest BCUT2D eigenvalue weighted by Crippen LogP contribution is -2.19. The maximum atomic E-state index is 11.7. The van der Waals surface area contributed by atoms with E-state index in [0.29, 0.717) is 5.56 Å². The van der Waals surface area contributed by atoms with Gasteiger partial charge in [-0.05, 0) is 18.1 Å². The molecule has 0 saturated heterocycles. The minimum absolute atomic E-state index is 0.288. The van der Waals surface area contributed by atoms with Gasteiger partial charge in [-0.15, -0.1) is 5.06 Å². The molecule has 15 heavy (non-hydrogen) atoms. The van der Waals surface area contributed by atoms with Gasteiger partial charge in [-0.25, -0.2) is 4.79 Å². The van der Waals surface area contributed by atoms with Crippen molar-refractivity contribution in [2.24, 2.45) is 0 Å². The highest BCUT2D eigenvalue weighted by atomic mass is 16.7. The fourth-order valence-electron chi connectivity index (χ4n) is 1.42. The molecular formula is C12H17NO2. The van der Waals surface area contributed by atoms with Crippen LogP contribution in [-0.4, -0.2) is 25.1 Å². The molecule has 0 aliphatic heterocycles. The standard InChI is InChI=1S/C12H17NO2/c1-4-7-10-8-5-6-9-11(10)12(14)15-13(2)3/h5-6,8-9H,4,7H2,1-3H3. The predicted molar refractivity (Wildman–Crippen MR) is 59.5 cm³/mol. The first-order valence-corrected chi connectivity index (χ1v) is 5.12. The highest BCUT2D eigenvalue weighted by Crippen LogP contribution is 2.12. The van der Waals surface area contributed by atoms with Crippen LogP contribution in [0.3, 0.4) is 0 Å². The molecule has 0 bridgehead atoms. The van der Waals surface area contributed by atoms with Crippen LogP contribution in [0.4, 0.5) is 0 Å². The Morgan fingerprint density at radius 2 is 2.00 bits per heavy atom. The molecule has 0 saturated carbocycles. The summed E-state index contributed by atoms with van der Waals surface area (Å²) in [6.07, 6.45) is 1.92. The van der Waals surface area contributed by atoms with Gasteiger partial charge in [-0.1, -0.05) is 31.5 Å². The topological polar surface area (TPSA) is 29.5 Å². The monoisotopic (exact) mass is 207 g/mol. The van der Waals surface area contributed by atoms with E-state index < -0.39 is 0 Å². The smallest absolute Gasteiger partial charge is 0.357 e. The van der Waals surface area contributed by atoms with Crippen molar-refractivity contribution >= 4 is 5.97 Å². The number of hydrogen-bond acceptors (Lipinski definition) is 3. The summed E-state index contributed by atoms with van der Waals surface area (Å²) in [4.78, 5) is 16.7. The van der Waals surface area contributed by atoms with E-state index in [4.69, 9.17) is 4.84 Å². The summed E-state index contributed by atoms with van der Waals surface area (Å²) >= 11 is 0. The molecule has 0 unspecified atom stereocenters. The Morgan fingerprint density at radius 3 is 2.60 bits per heavy atom. The van der Waals surface area contributed by atoms with E-state index in [2.05, 4.69) is 6.92 Å². The van der Waals surface area contributed by atoms with E-state index in [1.807, 2.05) is 18.2 Å². The van der Waals surface area contributed by atoms with Crippen molar-refractivity contribution in [2.45, 2.75) is 19.8 Å². The summed E-state index contributed by atoms with van der Waals surface area (Å²) in [5.41, 5.74) is 1.71. The van der Waals surface area contributed by atoms with E-state index in [9.17, 15) is 4.79 Å². The Bertz CT molecular complexity index is 334. The molecule has 0 radical (unpaired) electrons. The molecule has 0 N–H and O–H groups in total. The molecule has 0 heterocycles. The number of nitrogens with zero attached hydrogens (tertiary/aromatic N) is 1. The van der Waals surface area contributed by atoms with Crippen LogP contribution in [0.25, 0.3) is 0 Å². The van der Waals surface area contributed by atoms with Gasteiger partial charge in [0.15, 0.2) is 0 Å². The molecule has 82 valence electrons. The second-order valence-electron chi connectivity index (χ2n) is 3.60. The summed E-state index contributed by atoms with van der Waals surface area (Å²) < 4.78 is 0. The molecule has 0 aliphatic carbocycles. The van der Waals surface area contributed by atoms with E-state index in [1.54, 1.807) is 20.2 Å². The van der Waals surface area contributed by atoms with Crippen LogP contribution in [0.15, 0.2) is 24.3 Å². The second kappa shape index (κ2) is 5.51. The van der Waals surface area contributed by atoms with Gasteiger partial charge in [0.2, 0.25) is 0 Å². The van der Waals surface area contributed by atoms with Gasteiger partial charge in [0.05, 0.1) is 5.56 Å². The Balaban J connectivity index is 2.87. The number of carbonyl (C=O) groups excluding carboxylic acids is 1. The average molecular weight is 207 g/mol. The first-order valence-electron chi connectivity index (χ1n) is 5.12. The Hall–Kier alpha value is -1.35. The number of rotatable bonds is 4. The third-order valence-corrected chi connectivity index (χ3v) is 2.02. The van der Waals surface area contributed by atoms with Crippen LogP contribution >= 0.6 is 0 Å². The SMILES string of the molecule is CCCc1ccccc1C(=O)ON(C)C. The quantitative estimate of drug-likeness (QED) is 0.709. The van der Waals surface area contributed by atoms with Crippen LogP contribution in [-0.2, 0) is 11.3 Å². The maximum absolute atomic E-state index is 11.7. The van der Waals surface area contributed by atoms with Crippen molar-refractivity contribution in [2.75, 3.05) is 14.1 Å².